The minimum absolute atomic E-state index is 0.0870. The summed E-state index contributed by atoms with van der Waals surface area (Å²) in [5.74, 6) is 0.475. The second-order valence-electron chi connectivity index (χ2n) is 4.76. The molecule has 0 saturated carbocycles. The highest BCUT2D eigenvalue weighted by Gasteiger charge is 2.08. The first-order chi connectivity index (χ1) is 8.72. The molecule has 100 valence electrons. The van der Waals surface area contributed by atoms with Crippen molar-refractivity contribution in [1.29, 1.82) is 0 Å². The van der Waals surface area contributed by atoms with Crippen LogP contribution in [0.5, 0.6) is 0 Å². The Morgan fingerprint density at radius 1 is 1.33 bits per heavy atom. The van der Waals surface area contributed by atoms with E-state index >= 15 is 0 Å². The van der Waals surface area contributed by atoms with Gasteiger partial charge in [0.05, 0.1) is 0 Å². The fourth-order valence-corrected chi connectivity index (χ4v) is 1.86. The maximum absolute atomic E-state index is 11.5. The van der Waals surface area contributed by atoms with Crippen molar-refractivity contribution in [3.8, 4) is 0 Å². The van der Waals surface area contributed by atoms with Gasteiger partial charge in [-0.1, -0.05) is 37.3 Å². The molecular weight excluding hydrogens is 226 g/mol. The largest absolute Gasteiger partial charge is 0.396 e. The van der Waals surface area contributed by atoms with Crippen molar-refractivity contribution in [2.75, 3.05) is 13.2 Å². The third kappa shape index (κ3) is 6.40. The van der Waals surface area contributed by atoms with Gasteiger partial charge in [-0.15, -0.1) is 0 Å². The first kappa shape index (κ1) is 14.7. The normalized spacial score (nSPS) is 12.1. The van der Waals surface area contributed by atoms with Crippen LogP contribution in [0.2, 0.25) is 0 Å². The number of carbonyl (C=O) groups is 1. The summed E-state index contributed by atoms with van der Waals surface area (Å²) in [4.78, 5) is 11.5. The molecule has 0 heterocycles. The van der Waals surface area contributed by atoms with Gasteiger partial charge in [-0.2, -0.15) is 0 Å². The molecule has 0 radical (unpaired) electrons. The molecule has 0 fully saturated rings. The summed E-state index contributed by atoms with van der Waals surface area (Å²) in [6.07, 6.45) is 3.24. The van der Waals surface area contributed by atoms with Crippen LogP contribution in [0.15, 0.2) is 30.3 Å². The summed E-state index contributed by atoms with van der Waals surface area (Å²) in [7, 11) is 0. The van der Waals surface area contributed by atoms with Crippen LogP contribution in [0.4, 0.5) is 0 Å². The number of hydrogen-bond acceptors (Lipinski definition) is 2. The molecule has 1 amide bonds. The first-order valence-electron chi connectivity index (χ1n) is 6.64. The summed E-state index contributed by atoms with van der Waals surface area (Å²) < 4.78 is 0. The lowest BCUT2D eigenvalue weighted by atomic mass is 9.98. The zero-order valence-corrected chi connectivity index (χ0v) is 11.1. The van der Waals surface area contributed by atoms with Gasteiger partial charge in [0.2, 0.25) is 5.91 Å². The number of nitrogens with one attached hydrogen (secondary N) is 1. The highest BCUT2D eigenvalue weighted by molar-refractivity contribution is 5.76. The zero-order valence-electron chi connectivity index (χ0n) is 11.1. The van der Waals surface area contributed by atoms with E-state index < -0.39 is 0 Å². The Balaban J connectivity index is 2.17. The molecule has 0 saturated heterocycles. The number of aryl methyl sites for hydroxylation is 1. The van der Waals surface area contributed by atoms with Crippen molar-refractivity contribution in [2.24, 2.45) is 5.92 Å². The van der Waals surface area contributed by atoms with Gasteiger partial charge in [0, 0.05) is 19.6 Å². The van der Waals surface area contributed by atoms with Crippen LogP contribution < -0.4 is 5.32 Å². The van der Waals surface area contributed by atoms with Gasteiger partial charge in [0.25, 0.3) is 0 Å². The average Bonchev–Trinajstić information content (AvgIpc) is 2.38. The van der Waals surface area contributed by atoms with Crippen molar-refractivity contribution in [3.63, 3.8) is 0 Å². The maximum Gasteiger partial charge on any atom is 0.220 e. The Labute approximate surface area is 109 Å². The Kier molecular flexibility index (Phi) is 7.11. The number of aliphatic hydroxyl groups excluding tert-OH is 1. The lowest BCUT2D eigenvalue weighted by Gasteiger charge is -2.11. The number of aliphatic hydroxyl groups is 1. The molecule has 1 unspecified atom stereocenters. The molecule has 0 aromatic heterocycles. The molecule has 18 heavy (non-hydrogen) atoms. The summed E-state index contributed by atoms with van der Waals surface area (Å²) >= 11 is 0. The minimum Gasteiger partial charge on any atom is -0.396 e. The monoisotopic (exact) mass is 249 g/mol. The van der Waals surface area contributed by atoms with Crippen molar-refractivity contribution >= 4 is 5.91 Å². The minimum atomic E-state index is 0.0870. The van der Waals surface area contributed by atoms with Crippen LogP contribution >= 0.6 is 0 Å². The molecule has 0 aliphatic rings. The lowest BCUT2D eigenvalue weighted by molar-refractivity contribution is -0.121. The number of rotatable bonds is 8. The standard InChI is InChI=1S/C15H23NO2/c1-13(12-15(18)16-10-5-11-17)8-9-14-6-3-2-4-7-14/h2-4,6-7,13,17H,5,8-12H2,1H3,(H,16,18). The summed E-state index contributed by atoms with van der Waals surface area (Å²) in [6.45, 7) is 2.80. The molecule has 0 bridgehead atoms. The molecule has 1 rings (SSSR count). The van der Waals surface area contributed by atoms with Crippen LogP contribution in [0, 0.1) is 5.92 Å². The maximum atomic E-state index is 11.5. The predicted octanol–water partition coefficient (Wildman–Crippen LogP) is 2.14. The highest BCUT2D eigenvalue weighted by atomic mass is 16.3. The fraction of sp³-hybridized carbons (Fsp3) is 0.533. The lowest BCUT2D eigenvalue weighted by Crippen LogP contribution is -2.26. The van der Waals surface area contributed by atoms with Gasteiger partial charge in [-0.05, 0) is 30.7 Å². The Morgan fingerprint density at radius 2 is 2.06 bits per heavy atom. The van der Waals surface area contributed by atoms with E-state index in [1.54, 1.807) is 0 Å². The van der Waals surface area contributed by atoms with E-state index in [0.29, 0.717) is 25.3 Å². The van der Waals surface area contributed by atoms with Crippen molar-refractivity contribution in [1.82, 2.24) is 5.32 Å². The molecule has 1 atom stereocenters. The van der Waals surface area contributed by atoms with Crippen molar-refractivity contribution < 1.29 is 9.90 Å². The third-order valence-electron chi connectivity index (χ3n) is 2.96. The van der Waals surface area contributed by atoms with Crippen LogP contribution in [0.25, 0.3) is 0 Å². The Hall–Kier alpha value is -1.35. The van der Waals surface area contributed by atoms with Crippen LogP contribution in [-0.2, 0) is 11.2 Å². The third-order valence-corrected chi connectivity index (χ3v) is 2.96. The number of hydrogen-bond donors (Lipinski definition) is 2. The topological polar surface area (TPSA) is 49.3 Å². The average molecular weight is 249 g/mol. The summed E-state index contributed by atoms with van der Waals surface area (Å²) in [6, 6.07) is 10.3. The van der Waals surface area contributed by atoms with Crippen molar-refractivity contribution in [3.05, 3.63) is 35.9 Å². The molecule has 3 heteroatoms. The number of carbonyl (C=O) groups excluding carboxylic acids is 1. The van der Waals surface area contributed by atoms with E-state index in [9.17, 15) is 4.79 Å². The van der Waals surface area contributed by atoms with Gasteiger partial charge in [0.1, 0.15) is 0 Å². The smallest absolute Gasteiger partial charge is 0.220 e. The number of benzene rings is 1. The van der Waals surface area contributed by atoms with E-state index in [1.807, 2.05) is 18.2 Å². The van der Waals surface area contributed by atoms with E-state index in [0.717, 1.165) is 12.8 Å². The fourth-order valence-electron chi connectivity index (χ4n) is 1.86. The second kappa shape index (κ2) is 8.70. The number of amides is 1. The molecule has 0 spiro atoms. The Bertz CT molecular complexity index is 338. The molecule has 1 aromatic rings. The molecule has 0 aliphatic carbocycles. The second-order valence-corrected chi connectivity index (χ2v) is 4.76. The van der Waals surface area contributed by atoms with Gasteiger partial charge < -0.3 is 10.4 Å². The van der Waals surface area contributed by atoms with Crippen LogP contribution in [0.3, 0.4) is 0 Å². The predicted molar refractivity (Wildman–Crippen MR) is 73.3 cm³/mol. The van der Waals surface area contributed by atoms with E-state index in [-0.39, 0.29) is 12.5 Å². The van der Waals surface area contributed by atoms with E-state index in [2.05, 4.69) is 24.4 Å². The molecule has 0 aliphatic heterocycles. The van der Waals surface area contributed by atoms with E-state index in [4.69, 9.17) is 5.11 Å². The summed E-state index contributed by atoms with van der Waals surface area (Å²) in [5.41, 5.74) is 1.32. The highest BCUT2D eigenvalue weighted by Crippen LogP contribution is 2.12. The van der Waals surface area contributed by atoms with Crippen molar-refractivity contribution in [2.45, 2.75) is 32.6 Å². The zero-order chi connectivity index (χ0) is 13.2. The molecule has 2 N–H and O–H groups in total. The van der Waals surface area contributed by atoms with E-state index in [1.165, 1.54) is 5.56 Å². The molecule has 3 nitrogen and oxygen atoms in total. The van der Waals surface area contributed by atoms with Gasteiger partial charge in [0.15, 0.2) is 0 Å². The van der Waals surface area contributed by atoms with Gasteiger partial charge in [-0.25, -0.2) is 0 Å². The van der Waals surface area contributed by atoms with Gasteiger partial charge in [-0.3, -0.25) is 4.79 Å². The van der Waals surface area contributed by atoms with Gasteiger partial charge >= 0.3 is 0 Å². The quantitative estimate of drug-likeness (QED) is 0.694. The molecular formula is C15H23NO2. The molecule has 1 aromatic carbocycles. The first-order valence-corrected chi connectivity index (χ1v) is 6.64. The van der Waals surface area contributed by atoms with Crippen LogP contribution in [-0.4, -0.2) is 24.2 Å². The Morgan fingerprint density at radius 3 is 2.72 bits per heavy atom. The summed E-state index contributed by atoms with van der Waals surface area (Å²) in [5, 5.41) is 11.4. The van der Waals surface area contributed by atoms with Crippen LogP contribution in [0.1, 0.15) is 31.7 Å². The SMILES string of the molecule is CC(CCc1ccccc1)CC(=O)NCCCO.